The van der Waals surface area contributed by atoms with Gasteiger partial charge in [0.15, 0.2) is 5.65 Å². The van der Waals surface area contributed by atoms with E-state index in [1.165, 1.54) is 48.9 Å². The molecule has 0 radical (unpaired) electrons. The molecule has 0 saturated heterocycles. The van der Waals surface area contributed by atoms with E-state index in [9.17, 15) is 9.90 Å². The van der Waals surface area contributed by atoms with E-state index in [4.69, 9.17) is 5.26 Å². The summed E-state index contributed by atoms with van der Waals surface area (Å²) in [6.07, 6.45) is 7.81. The van der Waals surface area contributed by atoms with Crippen molar-refractivity contribution in [1.82, 2.24) is 19.5 Å². The van der Waals surface area contributed by atoms with Gasteiger partial charge in [-0.2, -0.15) is 5.26 Å². The summed E-state index contributed by atoms with van der Waals surface area (Å²) in [7, 11) is 0. The van der Waals surface area contributed by atoms with Gasteiger partial charge < -0.3 is 5.11 Å². The van der Waals surface area contributed by atoms with Crippen molar-refractivity contribution in [3.63, 3.8) is 0 Å². The highest BCUT2D eigenvalue weighted by atomic mass is 16.3. The Morgan fingerprint density at radius 2 is 2.21 bits per heavy atom. The lowest BCUT2D eigenvalue weighted by Crippen LogP contribution is -2.33. The van der Waals surface area contributed by atoms with Crippen LogP contribution < -0.4 is 5.56 Å². The van der Waals surface area contributed by atoms with Crippen molar-refractivity contribution in [2.24, 2.45) is 5.92 Å². The predicted molar refractivity (Wildman–Crippen MR) is 89.5 cm³/mol. The maximum atomic E-state index is 12.2. The first-order valence-electron chi connectivity index (χ1n) is 8.54. The zero-order chi connectivity index (χ0) is 16.9. The average molecular weight is 329 g/mol. The molecule has 24 heavy (non-hydrogen) atoms. The van der Waals surface area contributed by atoms with Gasteiger partial charge in [0.2, 0.25) is 0 Å². The Hall–Kier alpha value is -2.17. The van der Waals surface area contributed by atoms with Gasteiger partial charge in [-0.25, -0.2) is 9.50 Å². The third kappa shape index (κ3) is 3.66. The van der Waals surface area contributed by atoms with Crippen LogP contribution in [0.5, 0.6) is 0 Å². The number of hydrogen-bond donors (Lipinski definition) is 2. The number of aromatic amines is 1. The summed E-state index contributed by atoms with van der Waals surface area (Å²) >= 11 is 0. The first-order chi connectivity index (χ1) is 11.7. The molecular formula is C17H23N5O2. The van der Waals surface area contributed by atoms with Gasteiger partial charge in [-0.15, -0.1) is 0 Å². The standard InChI is InChI=1S/C17H23N5O2/c18-9-14-10-19-22-16(24)8-15(20-17(14)22)12-21(6-7-23)11-13-4-2-1-3-5-13/h8,10,13,19,23H,1-7,11-12H2. The van der Waals surface area contributed by atoms with E-state index in [-0.39, 0.29) is 12.2 Å². The normalized spacial score (nSPS) is 15.9. The SMILES string of the molecule is N#Cc1c[nH]n2c(=O)cc(CN(CCO)CC3CCCCC3)nc12. The van der Waals surface area contributed by atoms with Crippen LogP contribution >= 0.6 is 0 Å². The van der Waals surface area contributed by atoms with Crippen molar-refractivity contribution < 1.29 is 5.11 Å². The number of rotatable bonds is 6. The van der Waals surface area contributed by atoms with Crippen LogP contribution in [0.4, 0.5) is 0 Å². The average Bonchev–Trinajstić information content (AvgIpc) is 2.99. The number of fused-ring (bicyclic) bond motifs is 1. The van der Waals surface area contributed by atoms with Crippen molar-refractivity contribution >= 4 is 5.65 Å². The minimum absolute atomic E-state index is 0.0849. The maximum absolute atomic E-state index is 12.2. The second-order valence-corrected chi connectivity index (χ2v) is 6.51. The molecule has 0 unspecified atom stereocenters. The molecule has 0 aliphatic heterocycles. The van der Waals surface area contributed by atoms with Crippen molar-refractivity contribution in [2.75, 3.05) is 19.7 Å². The van der Waals surface area contributed by atoms with Crippen molar-refractivity contribution in [1.29, 1.82) is 5.26 Å². The van der Waals surface area contributed by atoms with Gasteiger partial charge in [0, 0.05) is 31.9 Å². The van der Waals surface area contributed by atoms with Gasteiger partial charge in [-0.1, -0.05) is 19.3 Å². The fourth-order valence-corrected chi connectivity index (χ4v) is 3.53. The molecule has 1 aliphatic rings. The minimum atomic E-state index is -0.224. The first kappa shape index (κ1) is 16.7. The first-order valence-corrected chi connectivity index (χ1v) is 8.54. The lowest BCUT2D eigenvalue weighted by atomic mass is 9.89. The van der Waals surface area contributed by atoms with Gasteiger partial charge in [-0.05, 0) is 18.8 Å². The lowest BCUT2D eigenvalue weighted by Gasteiger charge is -2.29. The summed E-state index contributed by atoms with van der Waals surface area (Å²) in [5.74, 6) is 0.650. The Labute approximate surface area is 140 Å². The summed E-state index contributed by atoms with van der Waals surface area (Å²) < 4.78 is 1.28. The monoisotopic (exact) mass is 329 g/mol. The molecule has 7 heteroatoms. The number of H-pyrrole nitrogens is 1. The van der Waals surface area contributed by atoms with Gasteiger partial charge in [0.1, 0.15) is 11.6 Å². The van der Waals surface area contributed by atoms with E-state index < -0.39 is 0 Å². The molecule has 1 aliphatic carbocycles. The molecule has 128 valence electrons. The highest BCUT2D eigenvalue weighted by Gasteiger charge is 2.18. The highest BCUT2D eigenvalue weighted by molar-refractivity contribution is 5.53. The lowest BCUT2D eigenvalue weighted by molar-refractivity contribution is 0.153. The Morgan fingerprint density at radius 3 is 2.92 bits per heavy atom. The summed E-state index contributed by atoms with van der Waals surface area (Å²) in [4.78, 5) is 18.8. The van der Waals surface area contributed by atoms with Crippen molar-refractivity contribution in [2.45, 2.75) is 38.6 Å². The highest BCUT2D eigenvalue weighted by Crippen LogP contribution is 2.24. The molecule has 1 saturated carbocycles. The van der Waals surface area contributed by atoms with E-state index >= 15 is 0 Å². The Balaban J connectivity index is 1.79. The molecule has 2 heterocycles. The van der Waals surface area contributed by atoms with E-state index in [0.717, 1.165) is 6.54 Å². The Morgan fingerprint density at radius 1 is 1.42 bits per heavy atom. The molecule has 7 nitrogen and oxygen atoms in total. The number of nitrogens with one attached hydrogen (secondary N) is 1. The Kier molecular flexibility index (Phi) is 5.28. The van der Waals surface area contributed by atoms with Gasteiger partial charge in [0.05, 0.1) is 12.3 Å². The summed E-state index contributed by atoms with van der Waals surface area (Å²) in [6.45, 7) is 2.08. The molecule has 0 atom stereocenters. The number of hydrogen-bond acceptors (Lipinski definition) is 5. The smallest absolute Gasteiger partial charge is 0.272 e. The zero-order valence-corrected chi connectivity index (χ0v) is 13.7. The summed E-state index contributed by atoms with van der Waals surface area (Å²) in [5, 5.41) is 21.2. The van der Waals surface area contributed by atoms with Crippen LogP contribution in [-0.2, 0) is 6.54 Å². The number of aliphatic hydroxyl groups is 1. The molecule has 0 spiro atoms. The van der Waals surface area contributed by atoms with Crippen LogP contribution in [0.2, 0.25) is 0 Å². The van der Waals surface area contributed by atoms with E-state index in [2.05, 4.69) is 15.0 Å². The minimum Gasteiger partial charge on any atom is -0.395 e. The topological polar surface area (TPSA) is 97.4 Å². The van der Waals surface area contributed by atoms with E-state index in [1.807, 2.05) is 6.07 Å². The van der Waals surface area contributed by atoms with Crippen LogP contribution in [0, 0.1) is 17.2 Å². The molecule has 0 bridgehead atoms. The molecule has 0 amide bonds. The molecule has 0 aromatic carbocycles. The van der Waals surface area contributed by atoms with Crippen molar-refractivity contribution in [3.05, 3.63) is 33.9 Å². The largest absolute Gasteiger partial charge is 0.395 e. The maximum Gasteiger partial charge on any atom is 0.272 e. The summed E-state index contributed by atoms with van der Waals surface area (Å²) in [6, 6.07) is 3.54. The van der Waals surface area contributed by atoms with Crippen LogP contribution in [0.3, 0.4) is 0 Å². The summed E-state index contributed by atoms with van der Waals surface area (Å²) in [5.41, 5.74) is 1.13. The molecule has 3 rings (SSSR count). The van der Waals surface area contributed by atoms with Crippen molar-refractivity contribution in [3.8, 4) is 6.07 Å². The van der Waals surface area contributed by atoms with Crippen LogP contribution in [-0.4, -0.2) is 44.3 Å². The van der Waals surface area contributed by atoms with Crippen LogP contribution in [0.15, 0.2) is 17.1 Å². The fourth-order valence-electron chi connectivity index (χ4n) is 3.53. The number of nitriles is 1. The molecule has 2 aromatic rings. The van der Waals surface area contributed by atoms with Gasteiger partial charge in [-0.3, -0.25) is 14.8 Å². The van der Waals surface area contributed by atoms with E-state index in [0.29, 0.717) is 35.9 Å². The zero-order valence-electron chi connectivity index (χ0n) is 13.7. The number of aromatic nitrogens is 3. The van der Waals surface area contributed by atoms with Crippen LogP contribution in [0.1, 0.15) is 43.4 Å². The number of nitrogens with zero attached hydrogens (tertiary/aromatic N) is 4. The fraction of sp³-hybridized carbons (Fsp3) is 0.588. The quantitative estimate of drug-likeness (QED) is 0.832. The van der Waals surface area contributed by atoms with Crippen LogP contribution in [0.25, 0.3) is 5.65 Å². The van der Waals surface area contributed by atoms with E-state index in [1.54, 1.807) is 0 Å². The third-order valence-corrected chi connectivity index (χ3v) is 4.71. The Bertz CT molecular complexity index is 782. The molecule has 2 N–H and O–H groups in total. The third-order valence-electron chi connectivity index (χ3n) is 4.71. The molecule has 2 aromatic heterocycles. The van der Waals surface area contributed by atoms with Gasteiger partial charge >= 0.3 is 0 Å². The molecule has 1 fully saturated rings. The number of aliphatic hydroxyl groups excluding tert-OH is 1. The molecular weight excluding hydrogens is 306 g/mol. The second kappa shape index (κ2) is 7.60. The second-order valence-electron chi connectivity index (χ2n) is 6.51. The predicted octanol–water partition coefficient (Wildman–Crippen LogP) is 1.27. The van der Waals surface area contributed by atoms with Gasteiger partial charge in [0.25, 0.3) is 5.56 Å².